The summed E-state index contributed by atoms with van der Waals surface area (Å²) in [5, 5.41) is 21.8. The van der Waals surface area contributed by atoms with Crippen LogP contribution in [0.2, 0.25) is 0 Å². The van der Waals surface area contributed by atoms with Crippen molar-refractivity contribution in [1.29, 1.82) is 0 Å². The molecule has 4 unspecified atom stereocenters. The van der Waals surface area contributed by atoms with E-state index in [1.807, 2.05) is 0 Å². The van der Waals surface area contributed by atoms with E-state index in [-0.39, 0.29) is 82.5 Å². The molecule has 0 aromatic heterocycles. The van der Waals surface area contributed by atoms with E-state index in [0.29, 0.717) is 19.4 Å². The molecule has 51 heavy (non-hydrogen) atoms. The number of amides is 5. The first-order valence-corrected chi connectivity index (χ1v) is 16.4. The van der Waals surface area contributed by atoms with Crippen LogP contribution in [0.15, 0.2) is 15.0 Å². The summed E-state index contributed by atoms with van der Waals surface area (Å²) < 4.78 is 0. The van der Waals surface area contributed by atoms with Crippen molar-refractivity contribution in [2.24, 2.45) is 60.8 Å². The predicted octanol–water partition coefficient (Wildman–Crippen LogP) is -6.63. The second-order valence-corrected chi connectivity index (χ2v) is 11.3. The number of carbonyl (C=O) groups is 6. The molecule has 0 aliphatic heterocycles. The second kappa shape index (κ2) is 26.4. The highest BCUT2D eigenvalue weighted by atomic mass is 16.4. The summed E-state index contributed by atoms with van der Waals surface area (Å²) in [5.74, 6) is -5.46. The molecule has 0 saturated carbocycles. The first-order chi connectivity index (χ1) is 24.1. The van der Waals surface area contributed by atoms with Crippen LogP contribution in [-0.2, 0) is 28.8 Å². The fraction of sp³-hybridized carbons (Fsp3) is 0.679. The topological polar surface area (TPSA) is 428 Å². The molecule has 0 saturated heterocycles. The van der Waals surface area contributed by atoms with E-state index in [1.165, 1.54) is 0 Å². The van der Waals surface area contributed by atoms with Gasteiger partial charge in [-0.15, -0.1) is 0 Å². The van der Waals surface area contributed by atoms with Gasteiger partial charge in [-0.2, -0.15) is 0 Å². The lowest BCUT2D eigenvalue weighted by molar-refractivity contribution is -0.142. The summed E-state index contributed by atoms with van der Waals surface area (Å²) in [5.41, 5.74) is 43.1. The molecule has 0 spiro atoms. The summed E-state index contributed by atoms with van der Waals surface area (Å²) >= 11 is 0. The molecule has 290 valence electrons. The van der Waals surface area contributed by atoms with E-state index in [4.69, 9.17) is 45.9 Å². The molecule has 0 fully saturated rings. The SMILES string of the molecule is NCCCCC(NC(=O)CNC(=O)C(CCCN=C(N)N)NC(=O)C(CCCN=C(N)N)NC(=O)C(CCCN=C(N)N)NC(=O)CN)C(=O)O. The molecular weight excluding hydrogens is 672 g/mol. The minimum absolute atomic E-state index is 0.00144. The molecule has 23 heteroatoms. The third-order valence-electron chi connectivity index (χ3n) is 6.94. The Balaban J connectivity index is 5.99. The number of hydrogen-bond acceptors (Lipinski definition) is 11. The second-order valence-electron chi connectivity index (χ2n) is 11.3. The van der Waals surface area contributed by atoms with E-state index in [1.54, 1.807) is 0 Å². The van der Waals surface area contributed by atoms with E-state index >= 15 is 0 Å². The van der Waals surface area contributed by atoms with Gasteiger partial charge in [0.05, 0.1) is 13.1 Å². The lowest BCUT2D eigenvalue weighted by atomic mass is 10.1. The zero-order valence-electron chi connectivity index (χ0n) is 28.8. The minimum Gasteiger partial charge on any atom is -0.480 e. The van der Waals surface area contributed by atoms with Gasteiger partial charge in [-0.3, -0.25) is 38.9 Å². The van der Waals surface area contributed by atoms with Crippen molar-refractivity contribution in [3.63, 3.8) is 0 Å². The molecule has 0 rings (SSSR count). The molecule has 0 heterocycles. The van der Waals surface area contributed by atoms with Crippen LogP contribution in [0.3, 0.4) is 0 Å². The van der Waals surface area contributed by atoms with Crippen molar-refractivity contribution in [1.82, 2.24) is 26.6 Å². The van der Waals surface area contributed by atoms with Crippen LogP contribution in [0.4, 0.5) is 0 Å². The maximum absolute atomic E-state index is 13.6. The van der Waals surface area contributed by atoms with Crippen LogP contribution < -0.4 is 72.5 Å². The van der Waals surface area contributed by atoms with Crippen LogP contribution >= 0.6 is 0 Å². The number of carboxylic acid groups (broad SMARTS) is 1. The Labute approximate surface area is 296 Å². The molecule has 0 bridgehead atoms. The highest BCUT2D eigenvalue weighted by Gasteiger charge is 2.30. The van der Waals surface area contributed by atoms with Gasteiger partial charge in [-0.05, 0) is 64.3 Å². The monoisotopic (exact) mass is 728 g/mol. The van der Waals surface area contributed by atoms with Crippen molar-refractivity contribution in [2.45, 2.75) is 82.0 Å². The number of aliphatic imine (C=N–C) groups is 3. The van der Waals surface area contributed by atoms with Gasteiger partial charge in [-0.1, -0.05) is 0 Å². The Kier molecular flexibility index (Phi) is 23.6. The molecular formula is C28H56N16O7. The average molecular weight is 729 g/mol. The third kappa shape index (κ3) is 22.7. The van der Waals surface area contributed by atoms with Gasteiger partial charge in [0.25, 0.3) is 0 Å². The lowest BCUT2D eigenvalue weighted by Crippen LogP contribution is -2.57. The molecule has 0 aliphatic rings. The largest absolute Gasteiger partial charge is 0.480 e. The first kappa shape index (κ1) is 45.6. The Morgan fingerprint density at radius 3 is 1.29 bits per heavy atom. The summed E-state index contributed by atoms with van der Waals surface area (Å²) in [7, 11) is 0. The number of hydrogen-bond donors (Lipinski definition) is 14. The van der Waals surface area contributed by atoms with Gasteiger partial charge >= 0.3 is 5.97 Å². The highest BCUT2D eigenvalue weighted by Crippen LogP contribution is 2.07. The summed E-state index contributed by atoms with van der Waals surface area (Å²) in [6.45, 7) is -0.269. The van der Waals surface area contributed by atoms with E-state index < -0.39 is 72.8 Å². The zero-order valence-corrected chi connectivity index (χ0v) is 28.8. The number of guanidine groups is 3. The van der Waals surface area contributed by atoms with E-state index in [0.717, 1.165) is 0 Å². The van der Waals surface area contributed by atoms with Crippen LogP contribution in [0.1, 0.15) is 57.8 Å². The Morgan fingerprint density at radius 1 is 0.510 bits per heavy atom. The summed E-state index contributed by atoms with van der Waals surface area (Å²) in [6, 6.07) is -4.80. The van der Waals surface area contributed by atoms with Crippen molar-refractivity contribution >= 4 is 53.4 Å². The first-order valence-electron chi connectivity index (χ1n) is 16.4. The molecule has 0 radical (unpaired) electrons. The number of carboxylic acids is 1. The number of nitrogens with two attached hydrogens (primary N) is 8. The predicted molar refractivity (Wildman–Crippen MR) is 190 cm³/mol. The zero-order chi connectivity index (χ0) is 38.8. The molecule has 5 amide bonds. The molecule has 0 aliphatic carbocycles. The average Bonchev–Trinajstić information content (AvgIpc) is 3.06. The standard InChI is InChI=1S/C28H56N16O7/c29-10-2-1-6-19(25(50)51)42-21(46)15-40-22(47)16(7-3-11-37-26(31)32)43-24(49)18(9-5-13-39-28(35)36)44-23(48)17(41-20(45)14-30)8-4-12-38-27(33)34/h16-19H,1-15,29-30H2,(H,40,47)(H,41,45)(H,42,46)(H,43,49)(H,44,48)(H,50,51)(H4,31,32,37)(H4,33,34,38)(H4,35,36,39). The smallest absolute Gasteiger partial charge is 0.326 e. The number of nitrogens with zero attached hydrogens (tertiary/aromatic N) is 3. The molecule has 0 aromatic carbocycles. The Morgan fingerprint density at radius 2 is 0.902 bits per heavy atom. The Bertz CT molecular complexity index is 1220. The van der Waals surface area contributed by atoms with Gasteiger partial charge in [0, 0.05) is 19.6 Å². The van der Waals surface area contributed by atoms with Crippen LogP contribution in [0, 0.1) is 0 Å². The number of aliphatic carboxylic acids is 1. The number of nitrogens with one attached hydrogen (secondary N) is 5. The third-order valence-corrected chi connectivity index (χ3v) is 6.94. The Hall–Kier alpha value is -5.45. The lowest BCUT2D eigenvalue weighted by Gasteiger charge is -2.25. The van der Waals surface area contributed by atoms with E-state index in [9.17, 15) is 33.9 Å². The number of carbonyl (C=O) groups excluding carboxylic acids is 5. The van der Waals surface area contributed by atoms with Gasteiger partial charge in [-0.25, -0.2) is 4.79 Å². The van der Waals surface area contributed by atoms with Crippen molar-refractivity contribution in [2.75, 3.05) is 39.3 Å². The maximum Gasteiger partial charge on any atom is 0.326 e. The van der Waals surface area contributed by atoms with Crippen LogP contribution in [-0.4, -0.2) is 122 Å². The fourth-order valence-electron chi connectivity index (χ4n) is 4.40. The summed E-state index contributed by atoms with van der Waals surface area (Å²) in [6.07, 6.45) is 1.99. The highest BCUT2D eigenvalue weighted by molar-refractivity contribution is 5.95. The van der Waals surface area contributed by atoms with Gasteiger partial charge in [0.1, 0.15) is 24.2 Å². The molecule has 23 nitrogen and oxygen atoms in total. The van der Waals surface area contributed by atoms with Crippen molar-refractivity contribution in [3.8, 4) is 0 Å². The number of unbranched alkanes of at least 4 members (excludes halogenated alkanes) is 1. The quantitative estimate of drug-likeness (QED) is 0.0212. The summed E-state index contributed by atoms with van der Waals surface area (Å²) in [4.78, 5) is 88.0. The maximum atomic E-state index is 13.6. The van der Waals surface area contributed by atoms with Crippen molar-refractivity contribution < 1.29 is 33.9 Å². The number of rotatable bonds is 27. The van der Waals surface area contributed by atoms with Crippen LogP contribution in [0.5, 0.6) is 0 Å². The normalized spacial score (nSPS) is 12.8. The molecule has 22 N–H and O–H groups in total. The fourth-order valence-corrected chi connectivity index (χ4v) is 4.40. The van der Waals surface area contributed by atoms with Gasteiger partial charge in [0.15, 0.2) is 17.9 Å². The minimum atomic E-state index is -1.25. The molecule has 0 aromatic rings. The van der Waals surface area contributed by atoms with Crippen LogP contribution in [0.25, 0.3) is 0 Å². The van der Waals surface area contributed by atoms with Gasteiger partial charge < -0.3 is 77.6 Å². The van der Waals surface area contributed by atoms with E-state index in [2.05, 4.69) is 41.6 Å². The van der Waals surface area contributed by atoms with Gasteiger partial charge in [0.2, 0.25) is 29.5 Å². The van der Waals surface area contributed by atoms with Crippen molar-refractivity contribution in [3.05, 3.63) is 0 Å². The molecule has 4 atom stereocenters.